The summed E-state index contributed by atoms with van der Waals surface area (Å²) >= 11 is 3.37. The van der Waals surface area contributed by atoms with Crippen molar-refractivity contribution in [2.75, 3.05) is 19.6 Å². The van der Waals surface area contributed by atoms with Gasteiger partial charge in [0.25, 0.3) is 0 Å². The molecular weight excluding hydrogens is 300 g/mol. The van der Waals surface area contributed by atoms with E-state index < -0.39 is 5.97 Å². The van der Waals surface area contributed by atoms with Crippen LogP contribution < -0.4 is 5.32 Å². The second-order valence-electron chi connectivity index (χ2n) is 4.17. The zero-order chi connectivity index (χ0) is 13.1. The fraction of sp³-hybridized carbons (Fsp3) is 0.333. The third-order valence-corrected chi connectivity index (χ3v) is 3.55. The molecule has 96 valence electrons. The summed E-state index contributed by atoms with van der Waals surface area (Å²) in [4.78, 5) is 24.1. The fourth-order valence-electron chi connectivity index (χ4n) is 1.88. The number of piperazine rings is 1. The number of carboxylic acids is 1. The number of hydrogen-bond donors (Lipinski definition) is 2. The fourth-order valence-corrected chi connectivity index (χ4v) is 2.38. The molecule has 18 heavy (non-hydrogen) atoms. The Kier molecular flexibility index (Phi) is 3.98. The van der Waals surface area contributed by atoms with Crippen molar-refractivity contribution in [3.8, 4) is 0 Å². The van der Waals surface area contributed by atoms with Crippen molar-refractivity contribution < 1.29 is 14.7 Å². The first-order chi connectivity index (χ1) is 8.56. The molecule has 1 aromatic rings. The Morgan fingerprint density at radius 1 is 1.50 bits per heavy atom. The molecule has 1 saturated heterocycles. The van der Waals surface area contributed by atoms with E-state index in [1.807, 2.05) is 4.90 Å². The van der Waals surface area contributed by atoms with E-state index in [0.717, 1.165) is 16.6 Å². The Bertz CT molecular complexity index is 490. The third kappa shape index (κ3) is 3.08. The molecule has 2 N–H and O–H groups in total. The zero-order valence-corrected chi connectivity index (χ0v) is 11.2. The molecular formula is C12H13BrN2O3. The van der Waals surface area contributed by atoms with Gasteiger partial charge in [0.15, 0.2) is 0 Å². The average molecular weight is 313 g/mol. The second kappa shape index (κ2) is 5.49. The summed E-state index contributed by atoms with van der Waals surface area (Å²) in [7, 11) is 0. The third-order valence-electron chi connectivity index (χ3n) is 2.81. The number of hydrogen-bond acceptors (Lipinski definition) is 3. The SMILES string of the molecule is O=C1CN(Cc2ccc(C(=O)O)cc2Br)CCN1. The number of amides is 1. The lowest BCUT2D eigenvalue weighted by Crippen LogP contribution is -2.47. The van der Waals surface area contributed by atoms with Gasteiger partial charge in [-0.05, 0) is 17.7 Å². The first kappa shape index (κ1) is 13.0. The van der Waals surface area contributed by atoms with Gasteiger partial charge in [-0.3, -0.25) is 9.69 Å². The van der Waals surface area contributed by atoms with Gasteiger partial charge >= 0.3 is 5.97 Å². The van der Waals surface area contributed by atoms with E-state index in [0.29, 0.717) is 19.6 Å². The molecule has 0 aliphatic carbocycles. The number of benzene rings is 1. The minimum Gasteiger partial charge on any atom is -0.478 e. The minimum absolute atomic E-state index is 0.0273. The van der Waals surface area contributed by atoms with Crippen molar-refractivity contribution in [1.82, 2.24) is 10.2 Å². The highest BCUT2D eigenvalue weighted by Gasteiger charge is 2.17. The molecule has 0 bridgehead atoms. The van der Waals surface area contributed by atoms with Crippen molar-refractivity contribution >= 4 is 27.8 Å². The number of carbonyl (C=O) groups is 2. The quantitative estimate of drug-likeness (QED) is 0.876. The molecule has 6 heteroatoms. The van der Waals surface area contributed by atoms with E-state index in [1.165, 1.54) is 0 Å². The van der Waals surface area contributed by atoms with Crippen LogP contribution in [0.25, 0.3) is 0 Å². The molecule has 0 saturated carbocycles. The van der Waals surface area contributed by atoms with E-state index >= 15 is 0 Å². The Hall–Kier alpha value is -1.40. The van der Waals surface area contributed by atoms with Gasteiger partial charge in [0.05, 0.1) is 12.1 Å². The van der Waals surface area contributed by atoms with Crippen LogP contribution in [0.4, 0.5) is 0 Å². The Morgan fingerprint density at radius 3 is 2.89 bits per heavy atom. The van der Waals surface area contributed by atoms with E-state index in [-0.39, 0.29) is 11.5 Å². The maximum atomic E-state index is 11.2. The molecule has 1 fully saturated rings. The number of carbonyl (C=O) groups excluding carboxylic acids is 1. The topological polar surface area (TPSA) is 69.6 Å². The minimum atomic E-state index is -0.945. The molecule has 2 rings (SSSR count). The summed E-state index contributed by atoms with van der Waals surface area (Å²) in [6, 6.07) is 4.94. The van der Waals surface area contributed by atoms with E-state index in [2.05, 4.69) is 21.2 Å². The molecule has 1 heterocycles. The molecule has 0 aromatic heterocycles. The number of nitrogens with one attached hydrogen (secondary N) is 1. The Morgan fingerprint density at radius 2 is 2.28 bits per heavy atom. The second-order valence-corrected chi connectivity index (χ2v) is 5.03. The number of nitrogens with zero attached hydrogens (tertiary/aromatic N) is 1. The summed E-state index contributed by atoms with van der Waals surface area (Å²) in [6.07, 6.45) is 0. The van der Waals surface area contributed by atoms with Gasteiger partial charge in [-0.2, -0.15) is 0 Å². The Labute approximate surface area is 113 Å². The predicted octanol–water partition coefficient (Wildman–Crippen LogP) is 1.08. The molecule has 0 spiro atoms. The van der Waals surface area contributed by atoms with Crippen LogP contribution in [-0.4, -0.2) is 41.5 Å². The van der Waals surface area contributed by atoms with Crippen LogP contribution in [0.5, 0.6) is 0 Å². The van der Waals surface area contributed by atoms with Gasteiger partial charge < -0.3 is 10.4 Å². The molecule has 0 atom stereocenters. The highest BCUT2D eigenvalue weighted by atomic mass is 79.9. The van der Waals surface area contributed by atoms with E-state index in [4.69, 9.17) is 5.11 Å². The largest absolute Gasteiger partial charge is 0.478 e. The maximum absolute atomic E-state index is 11.2. The lowest BCUT2D eigenvalue weighted by Gasteiger charge is -2.26. The summed E-state index contributed by atoms with van der Waals surface area (Å²) in [5, 5.41) is 11.6. The zero-order valence-electron chi connectivity index (χ0n) is 9.65. The van der Waals surface area contributed by atoms with Crippen LogP contribution in [0, 0.1) is 0 Å². The average Bonchev–Trinajstić information content (AvgIpc) is 2.31. The smallest absolute Gasteiger partial charge is 0.335 e. The van der Waals surface area contributed by atoms with E-state index in [1.54, 1.807) is 18.2 Å². The number of rotatable bonds is 3. The van der Waals surface area contributed by atoms with Crippen molar-refractivity contribution in [1.29, 1.82) is 0 Å². The number of aromatic carboxylic acids is 1. The summed E-state index contributed by atoms with van der Waals surface area (Å²) in [6.45, 7) is 2.48. The van der Waals surface area contributed by atoms with Gasteiger partial charge in [0, 0.05) is 24.1 Å². The maximum Gasteiger partial charge on any atom is 0.335 e. The summed E-state index contributed by atoms with van der Waals surface area (Å²) in [5.74, 6) is -0.917. The van der Waals surface area contributed by atoms with Gasteiger partial charge in [-0.25, -0.2) is 4.79 Å². The van der Waals surface area contributed by atoms with Gasteiger partial charge in [-0.15, -0.1) is 0 Å². The van der Waals surface area contributed by atoms with Crippen molar-refractivity contribution in [2.24, 2.45) is 0 Å². The molecule has 1 aromatic carbocycles. The van der Waals surface area contributed by atoms with Crippen LogP contribution in [-0.2, 0) is 11.3 Å². The molecule has 0 unspecified atom stereocenters. The summed E-state index contributed by atoms with van der Waals surface area (Å²) < 4.78 is 0.758. The first-order valence-corrected chi connectivity index (χ1v) is 6.36. The molecule has 0 radical (unpaired) electrons. The first-order valence-electron chi connectivity index (χ1n) is 5.57. The van der Waals surface area contributed by atoms with E-state index in [9.17, 15) is 9.59 Å². The van der Waals surface area contributed by atoms with Gasteiger partial charge in [0.2, 0.25) is 5.91 Å². The van der Waals surface area contributed by atoms with Crippen molar-refractivity contribution in [2.45, 2.75) is 6.54 Å². The highest BCUT2D eigenvalue weighted by molar-refractivity contribution is 9.10. The van der Waals surface area contributed by atoms with Crippen LogP contribution in [0.2, 0.25) is 0 Å². The molecule has 1 amide bonds. The standard InChI is InChI=1S/C12H13BrN2O3/c13-10-5-8(12(17)18)1-2-9(10)6-15-4-3-14-11(16)7-15/h1-2,5H,3-4,6-7H2,(H,14,16)(H,17,18). The molecule has 1 aliphatic heterocycles. The van der Waals surface area contributed by atoms with Crippen LogP contribution in [0.15, 0.2) is 22.7 Å². The van der Waals surface area contributed by atoms with Gasteiger partial charge in [0.1, 0.15) is 0 Å². The van der Waals surface area contributed by atoms with Crippen molar-refractivity contribution in [3.05, 3.63) is 33.8 Å². The van der Waals surface area contributed by atoms with Crippen LogP contribution in [0.1, 0.15) is 15.9 Å². The predicted molar refractivity (Wildman–Crippen MR) is 69.4 cm³/mol. The molecule has 1 aliphatic rings. The number of carboxylic acid groups (broad SMARTS) is 1. The lowest BCUT2D eigenvalue weighted by molar-refractivity contribution is -0.124. The van der Waals surface area contributed by atoms with Crippen LogP contribution in [0.3, 0.4) is 0 Å². The lowest BCUT2D eigenvalue weighted by atomic mass is 10.1. The Balaban J connectivity index is 2.09. The normalized spacial score (nSPS) is 16.4. The highest BCUT2D eigenvalue weighted by Crippen LogP contribution is 2.20. The number of halogens is 1. The van der Waals surface area contributed by atoms with Crippen LogP contribution >= 0.6 is 15.9 Å². The van der Waals surface area contributed by atoms with Crippen molar-refractivity contribution in [3.63, 3.8) is 0 Å². The van der Waals surface area contributed by atoms with Gasteiger partial charge in [-0.1, -0.05) is 22.0 Å². The molecule has 5 nitrogen and oxygen atoms in total. The monoisotopic (exact) mass is 312 g/mol. The summed E-state index contributed by atoms with van der Waals surface area (Å²) in [5.41, 5.74) is 1.23.